The van der Waals surface area contributed by atoms with E-state index in [-0.39, 0.29) is 11.7 Å². The highest BCUT2D eigenvalue weighted by Gasteiger charge is 2.20. The summed E-state index contributed by atoms with van der Waals surface area (Å²) in [5.41, 5.74) is 3.19. The number of hydrogen-bond donors (Lipinski definition) is 1. The van der Waals surface area contributed by atoms with Crippen LogP contribution in [0.2, 0.25) is 0 Å². The minimum Gasteiger partial charge on any atom is -0.385 e. The molecular weight excluding hydrogens is 228 g/mol. The summed E-state index contributed by atoms with van der Waals surface area (Å²) in [7, 11) is 1.81. The zero-order valence-electron chi connectivity index (χ0n) is 10.8. The summed E-state index contributed by atoms with van der Waals surface area (Å²) in [5, 5.41) is 3.23. The normalized spacial score (nSPS) is 14.3. The third kappa shape index (κ3) is 2.70. The van der Waals surface area contributed by atoms with E-state index in [1.165, 1.54) is 5.56 Å². The van der Waals surface area contributed by atoms with Gasteiger partial charge in [0.1, 0.15) is 5.78 Å². The lowest BCUT2D eigenvalue weighted by Crippen LogP contribution is -2.31. The van der Waals surface area contributed by atoms with Crippen LogP contribution in [-0.4, -0.2) is 25.3 Å². The number of carbonyl (C=O) groups excluding carboxylic acids is 2. The molecular formula is C14H18N2O2. The number of anilines is 2. The first-order valence-electron chi connectivity index (χ1n) is 6.20. The number of nitrogens with zero attached hydrogens (tertiary/aromatic N) is 1. The van der Waals surface area contributed by atoms with E-state index < -0.39 is 0 Å². The predicted molar refractivity (Wildman–Crippen MR) is 72.0 cm³/mol. The molecule has 0 fully saturated rings. The molecule has 0 saturated heterocycles. The van der Waals surface area contributed by atoms with Crippen molar-refractivity contribution in [1.29, 1.82) is 0 Å². The lowest BCUT2D eigenvalue weighted by Gasteiger charge is -2.26. The van der Waals surface area contributed by atoms with E-state index in [1.807, 2.05) is 19.2 Å². The van der Waals surface area contributed by atoms with Crippen LogP contribution in [0.3, 0.4) is 0 Å². The van der Waals surface area contributed by atoms with Crippen molar-refractivity contribution in [2.75, 3.05) is 23.8 Å². The quantitative estimate of drug-likeness (QED) is 0.883. The molecule has 4 heteroatoms. The molecule has 18 heavy (non-hydrogen) atoms. The molecule has 1 aliphatic rings. The van der Waals surface area contributed by atoms with Gasteiger partial charge in [-0.1, -0.05) is 0 Å². The first-order chi connectivity index (χ1) is 8.58. The molecule has 2 rings (SSSR count). The summed E-state index contributed by atoms with van der Waals surface area (Å²) in [6.07, 6.45) is 1.90. The summed E-state index contributed by atoms with van der Waals surface area (Å²) in [4.78, 5) is 24.1. The molecule has 0 aromatic heterocycles. The smallest absolute Gasteiger partial charge is 0.227 e. The fraction of sp³-hybridized carbons (Fsp3) is 0.429. The van der Waals surface area contributed by atoms with Gasteiger partial charge in [0.05, 0.1) is 0 Å². The van der Waals surface area contributed by atoms with Crippen LogP contribution >= 0.6 is 0 Å². The Balaban J connectivity index is 2.08. The fourth-order valence-electron chi connectivity index (χ4n) is 2.15. The van der Waals surface area contributed by atoms with Crippen LogP contribution in [0.25, 0.3) is 0 Å². The van der Waals surface area contributed by atoms with Gasteiger partial charge in [0.25, 0.3) is 0 Å². The first kappa shape index (κ1) is 12.6. The number of ketones is 1. The number of fused-ring (bicyclic) bond motifs is 1. The highest BCUT2D eigenvalue weighted by atomic mass is 16.2. The number of hydrogen-bond acceptors (Lipinski definition) is 3. The van der Waals surface area contributed by atoms with Gasteiger partial charge in [0.2, 0.25) is 5.91 Å². The van der Waals surface area contributed by atoms with Crippen molar-refractivity contribution in [2.24, 2.45) is 0 Å². The van der Waals surface area contributed by atoms with E-state index in [0.29, 0.717) is 19.4 Å². The molecule has 1 aromatic carbocycles. The lowest BCUT2D eigenvalue weighted by molar-refractivity contribution is -0.118. The van der Waals surface area contributed by atoms with E-state index in [4.69, 9.17) is 0 Å². The van der Waals surface area contributed by atoms with Crippen LogP contribution in [0.5, 0.6) is 0 Å². The van der Waals surface area contributed by atoms with Gasteiger partial charge in [-0.05, 0) is 37.1 Å². The van der Waals surface area contributed by atoms with Crippen LogP contribution in [0.15, 0.2) is 18.2 Å². The molecule has 0 spiro atoms. The molecule has 1 amide bonds. The van der Waals surface area contributed by atoms with Crippen molar-refractivity contribution in [3.05, 3.63) is 23.8 Å². The second-order valence-corrected chi connectivity index (χ2v) is 4.68. The highest BCUT2D eigenvalue weighted by Crippen LogP contribution is 2.29. The van der Waals surface area contributed by atoms with E-state index in [2.05, 4.69) is 11.4 Å². The van der Waals surface area contributed by atoms with Gasteiger partial charge in [0.15, 0.2) is 0 Å². The number of amides is 1. The van der Waals surface area contributed by atoms with Gasteiger partial charge in [-0.3, -0.25) is 9.59 Å². The van der Waals surface area contributed by atoms with Crippen LogP contribution in [0.4, 0.5) is 11.4 Å². The Kier molecular flexibility index (Phi) is 3.65. The molecule has 4 nitrogen and oxygen atoms in total. The second kappa shape index (κ2) is 5.21. The maximum atomic E-state index is 11.6. The second-order valence-electron chi connectivity index (χ2n) is 4.68. The molecule has 0 bridgehead atoms. The summed E-state index contributed by atoms with van der Waals surface area (Å²) < 4.78 is 0. The van der Waals surface area contributed by atoms with Gasteiger partial charge in [-0.25, -0.2) is 0 Å². The minimum atomic E-state index is 0.166. The number of rotatable bonds is 4. The Labute approximate surface area is 107 Å². The number of aryl methyl sites for hydroxylation is 1. The minimum absolute atomic E-state index is 0.166. The topological polar surface area (TPSA) is 49.4 Å². The van der Waals surface area contributed by atoms with Gasteiger partial charge in [-0.15, -0.1) is 0 Å². The van der Waals surface area contributed by atoms with Gasteiger partial charge >= 0.3 is 0 Å². The number of nitrogens with one attached hydrogen (secondary N) is 1. The number of benzene rings is 1. The zero-order chi connectivity index (χ0) is 13.1. The molecule has 0 unspecified atom stereocenters. The lowest BCUT2D eigenvalue weighted by atomic mass is 10.0. The molecule has 1 heterocycles. The van der Waals surface area contributed by atoms with Crippen molar-refractivity contribution in [3.8, 4) is 0 Å². The number of Topliss-reactive ketones (excluding diaryl/α,β-unsaturated/α-hetero) is 1. The maximum Gasteiger partial charge on any atom is 0.227 e. The van der Waals surface area contributed by atoms with Crippen molar-refractivity contribution in [1.82, 2.24) is 0 Å². The van der Waals surface area contributed by atoms with Crippen molar-refractivity contribution in [3.63, 3.8) is 0 Å². The molecule has 0 saturated carbocycles. The van der Waals surface area contributed by atoms with E-state index in [0.717, 1.165) is 17.8 Å². The van der Waals surface area contributed by atoms with E-state index in [1.54, 1.807) is 11.8 Å². The Morgan fingerprint density at radius 3 is 2.89 bits per heavy atom. The molecule has 0 radical (unpaired) electrons. The molecule has 1 aliphatic heterocycles. The van der Waals surface area contributed by atoms with E-state index in [9.17, 15) is 9.59 Å². The maximum absolute atomic E-state index is 11.6. The molecule has 1 aromatic rings. The predicted octanol–water partition coefficient (Wildman–Crippen LogP) is 1.99. The summed E-state index contributed by atoms with van der Waals surface area (Å²) >= 11 is 0. The van der Waals surface area contributed by atoms with Gasteiger partial charge in [0, 0.05) is 37.8 Å². The molecule has 0 aliphatic carbocycles. The van der Waals surface area contributed by atoms with Crippen LogP contribution < -0.4 is 10.2 Å². The summed E-state index contributed by atoms with van der Waals surface area (Å²) in [6.45, 7) is 2.25. The molecule has 96 valence electrons. The Bertz CT molecular complexity index is 483. The Hall–Kier alpha value is -1.84. The van der Waals surface area contributed by atoms with Crippen LogP contribution in [0, 0.1) is 0 Å². The van der Waals surface area contributed by atoms with E-state index >= 15 is 0 Å². The van der Waals surface area contributed by atoms with Gasteiger partial charge < -0.3 is 10.2 Å². The van der Waals surface area contributed by atoms with Crippen molar-refractivity contribution in [2.45, 2.75) is 26.2 Å². The third-order valence-corrected chi connectivity index (χ3v) is 3.23. The highest BCUT2D eigenvalue weighted by molar-refractivity contribution is 5.96. The molecule has 1 N–H and O–H groups in total. The van der Waals surface area contributed by atoms with Crippen molar-refractivity contribution < 1.29 is 9.59 Å². The average molecular weight is 246 g/mol. The van der Waals surface area contributed by atoms with Crippen LogP contribution in [0.1, 0.15) is 25.3 Å². The largest absolute Gasteiger partial charge is 0.385 e. The molecule has 0 atom stereocenters. The Morgan fingerprint density at radius 1 is 1.39 bits per heavy atom. The average Bonchev–Trinajstić information content (AvgIpc) is 2.33. The monoisotopic (exact) mass is 246 g/mol. The number of carbonyl (C=O) groups is 2. The first-order valence-corrected chi connectivity index (χ1v) is 6.20. The van der Waals surface area contributed by atoms with Crippen LogP contribution in [-0.2, 0) is 16.0 Å². The third-order valence-electron chi connectivity index (χ3n) is 3.23. The summed E-state index contributed by atoms with van der Waals surface area (Å²) in [5.74, 6) is 0.352. The van der Waals surface area contributed by atoms with Gasteiger partial charge in [-0.2, -0.15) is 0 Å². The standard InChI is InChI=1S/C14H18N2O2/c1-10(17)7-8-15-12-4-5-13-11(9-12)3-6-14(18)16(13)2/h4-5,9,15H,3,6-8H2,1-2H3. The zero-order valence-corrected chi connectivity index (χ0v) is 10.8. The summed E-state index contributed by atoms with van der Waals surface area (Å²) in [6, 6.07) is 5.98. The van der Waals surface area contributed by atoms with Crippen molar-refractivity contribution >= 4 is 23.1 Å². The fourth-order valence-corrected chi connectivity index (χ4v) is 2.15. The SMILES string of the molecule is CC(=O)CCNc1ccc2c(c1)CCC(=O)N2C. The Morgan fingerprint density at radius 2 is 2.17 bits per heavy atom.